The molecule has 1 aliphatic rings. The number of thiophene rings is 1. The van der Waals surface area contributed by atoms with E-state index in [0.29, 0.717) is 5.88 Å². The summed E-state index contributed by atoms with van der Waals surface area (Å²) in [5, 5.41) is 4.79. The fourth-order valence-corrected chi connectivity index (χ4v) is 4.37. The van der Waals surface area contributed by atoms with Gasteiger partial charge in [-0.2, -0.15) is 0 Å². The first-order chi connectivity index (χ1) is 10.3. The minimum absolute atomic E-state index is 0.377. The summed E-state index contributed by atoms with van der Waals surface area (Å²) in [6.45, 7) is 3.20. The van der Waals surface area contributed by atoms with Crippen molar-refractivity contribution in [1.29, 1.82) is 0 Å². The number of nitrogens with zero attached hydrogens (tertiary/aromatic N) is 2. The van der Waals surface area contributed by atoms with E-state index in [2.05, 4.69) is 22.2 Å². The number of rotatable bonds is 6. The van der Waals surface area contributed by atoms with Gasteiger partial charge in [0.2, 0.25) is 0 Å². The number of anilines is 1. The summed E-state index contributed by atoms with van der Waals surface area (Å²) < 4.78 is 0. The molecule has 2 aromatic heterocycles. The van der Waals surface area contributed by atoms with Gasteiger partial charge in [-0.25, -0.2) is 9.97 Å². The van der Waals surface area contributed by atoms with Gasteiger partial charge >= 0.3 is 0 Å². The van der Waals surface area contributed by atoms with Crippen molar-refractivity contribution in [3.8, 4) is 0 Å². The number of halogens is 1. The third kappa shape index (κ3) is 3.16. The van der Waals surface area contributed by atoms with Crippen LogP contribution in [0, 0.1) is 0 Å². The Balaban J connectivity index is 1.96. The Bertz CT molecular complexity index is 623. The number of hydrogen-bond acceptors (Lipinski definition) is 4. The number of aryl methyl sites for hydroxylation is 2. The molecular weight excluding hydrogens is 302 g/mol. The molecule has 21 heavy (non-hydrogen) atoms. The first-order valence-corrected chi connectivity index (χ1v) is 9.29. The van der Waals surface area contributed by atoms with Gasteiger partial charge in [0.25, 0.3) is 0 Å². The molecule has 3 rings (SSSR count). The molecule has 0 radical (unpaired) electrons. The summed E-state index contributed by atoms with van der Waals surface area (Å²) in [6.07, 6.45) is 8.63. The predicted molar refractivity (Wildman–Crippen MR) is 91.6 cm³/mol. The summed E-state index contributed by atoms with van der Waals surface area (Å²) in [7, 11) is 0. The van der Waals surface area contributed by atoms with Crippen molar-refractivity contribution in [2.24, 2.45) is 0 Å². The second-order valence-electron chi connectivity index (χ2n) is 5.65. The monoisotopic (exact) mass is 323 g/mol. The molecule has 1 N–H and O–H groups in total. The quantitative estimate of drug-likeness (QED) is 0.606. The van der Waals surface area contributed by atoms with E-state index in [1.807, 2.05) is 11.3 Å². The first kappa shape index (κ1) is 15.0. The summed E-state index contributed by atoms with van der Waals surface area (Å²) >= 11 is 7.80. The molecule has 1 aliphatic carbocycles. The molecule has 2 aromatic rings. The van der Waals surface area contributed by atoms with Gasteiger partial charge in [-0.3, -0.25) is 0 Å². The molecule has 5 heteroatoms. The number of unbranched alkanes of at least 4 members (excludes halogenated alkanes) is 2. The van der Waals surface area contributed by atoms with Gasteiger partial charge in [-0.1, -0.05) is 19.8 Å². The minimum atomic E-state index is 0.377. The second kappa shape index (κ2) is 6.93. The van der Waals surface area contributed by atoms with Crippen molar-refractivity contribution in [2.75, 3.05) is 11.9 Å². The number of alkyl halides is 1. The Kier molecular flexibility index (Phi) is 4.96. The molecule has 0 fully saturated rings. The molecule has 0 atom stereocenters. The number of aromatic nitrogens is 2. The maximum Gasteiger partial charge on any atom is 0.147 e. The van der Waals surface area contributed by atoms with Gasteiger partial charge in [-0.05, 0) is 37.7 Å². The summed E-state index contributed by atoms with van der Waals surface area (Å²) in [5.41, 5.74) is 1.49. The summed E-state index contributed by atoms with van der Waals surface area (Å²) in [4.78, 5) is 11.9. The highest BCUT2D eigenvalue weighted by Gasteiger charge is 2.20. The molecule has 3 nitrogen and oxygen atoms in total. The predicted octanol–water partition coefficient (Wildman–Crippen LogP) is 4.91. The van der Waals surface area contributed by atoms with Gasteiger partial charge in [0.05, 0.1) is 11.3 Å². The number of nitrogens with one attached hydrogen (secondary N) is 1. The van der Waals surface area contributed by atoms with E-state index in [1.165, 1.54) is 60.8 Å². The lowest BCUT2D eigenvalue weighted by Crippen LogP contribution is -2.07. The first-order valence-electron chi connectivity index (χ1n) is 7.94. The lowest BCUT2D eigenvalue weighted by Gasteiger charge is -2.13. The van der Waals surface area contributed by atoms with Crippen LogP contribution in [0.15, 0.2) is 0 Å². The van der Waals surface area contributed by atoms with Gasteiger partial charge in [0.1, 0.15) is 16.5 Å². The number of fused-ring (bicyclic) bond motifs is 3. The van der Waals surface area contributed by atoms with E-state index in [0.717, 1.165) is 23.0 Å². The lowest BCUT2D eigenvalue weighted by molar-refractivity contribution is 0.700. The van der Waals surface area contributed by atoms with E-state index in [4.69, 9.17) is 11.6 Å². The van der Waals surface area contributed by atoms with Crippen molar-refractivity contribution in [1.82, 2.24) is 9.97 Å². The van der Waals surface area contributed by atoms with E-state index < -0.39 is 0 Å². The highest BCUT2D eigenvalue weighted by Crippen LogP contribution is 2.38. The van der Waals surface area contributed by atoms with Crippen LogP contribution in [0.1, 0.15) is 55.3 Å². The zero-order valence-corrected chi connectivity index (χ0v) is 14.1. The molecule has 0 aromatic carbocycles. The zero-order valence-electron chi connectivity index (χ0n) is 12.5. The molecule has 114 valence electrons. The van der Waals surface area contributed by atoms with Gasteiger partial charge < -0.3 is 5.32 Å². The smallest absolute Gasteiger partial charge is 0.147 e. The van der Waals surface area contributed by atoms with Crippen molar-refractivity contribution >= 4 is 39.0 Å². The van der Waals surface area contributed by atoms with E-state index in [9.17, 15) is 0 Å². The van der Waals surface area contributed by atoms with Crippen LogP contribution < -0.4 is 5.32 Å². The third-order valence-electron chi connectivity index (χ3n) is 4.05. The van der Waals surface area contributed by atoms with Crippen molar-refractivity contribution in [3.05, 3.63) is 16.3 Å². The second-order valence-corrected chi connectivity index (χ2v) is 7.00. The Morgan fingerprint density at radius 3 is 2.86 bits per heavy atom. The molecule has 0 saturated heterocycles. The van der Waals surface area contributed by atoms with Crippen LogP contribution >= 0.6 is 22.9 Å². The van der Waals surface area contributed by atoms with Gasteiger partial charge in [0, 0.05) is 11.4 Å². The zero-order chi connectivity index (χ0) is 14.7. The van der Waals surface area contributed by atoms with Crippen molar-refractivity contribution in [2.45, 2.75) is 57.7 Å². The van der Waals surface area contributed by atoms with Gasteiger partial charge in [-0.15, -0.1) is 22.9 Å². The molecule has 2 heterocycles. The van der Waals surface area contributed by atoms with Crippen LogP contribution in [0.5, 0.6) is 0 Å². The Labute approximate surface area is 135 Å². The van der Waals surface area contributed by atoms with Crippen LogP contribution in [0.4, 0.5) is 5.82 Å². The number of hydrogen-bond donors (Lipinski definition) is 1. The topological polar surface area (TPSA) is 37.8 Å². The standard InChI is InChI=1S/C16H22ClN3S/c1-2-3-6-9-18-15-14-11-7-4-5-8-12(11)21-16(14)20-13(10-17)19-15/h2-10H2,1H3,(H,18,19,20). The van der Waals surface area contributed by atoms with E-state index >= 15 is 0 Å². The highest BCUT2D eigenvalue weighted by molar-refractivity contribution is 7.19. The van der Waals surface area contributed by atoms with Crippen LogP contribution in [-0.4, -0.2) is 16.5 Å². The molecular formula is C16H22ClN3S. The Morgan fingerprint density at radius 1 is 1.19 bits per heavy atom. The lowest BCUT2D eigenvalue weighted by atomic mass is 9.97. The van der Waals surface area contributed by atoms with Gasteiger partial charge in [0.15, 0.2) is 0 Å². The Morgan fingerprint density at radius 2 is 2.05 bits per heavy atom. The average Bonchev–Trinajstić information content (AvgIpc) is 2.89. The van der Waals surface area contributed by atoms with Crippen LogP contribution in [0.3, 0.4) is 0 Å². The average molecular weight is 324 g/mol. The normalized spacial score (nSPS) is 14.4. The summed E-state index contributed by atoms with van der Waals surface area (Å²) in [6, 6.07) is 0. The van der Waals surface area contributed by atoms with Crippen LogP contribution in [0.25, 0.3) is 10.2 Å². The maximum absolute atomic E-state index is 5.96. The SMILES string of the molecule is CCCCCNc1nc(CCl)nc2sc3c(c12)CCCC3. The third-order valence-corrected chi connectivity index (χ3v) is 5.48. The molecule has 0 bridgehead atoms. The maximum atomic E-state index is 5.96. The minimum Gasteiger partial charge on any atom is -0.369 e. The molecule has 0 saturated carbocycles. The fraction of sp³-hybridized carbons (Fsp3) is 0.625. The molecule has 0 unspecified atom stereocenters. The Hall–Kier alpha value is -0.870. The fourth-order valence-electron chi connectivity index (χ4n) is 2.97. The largest absolute Gasteiger partial charge is 0.369 e. The highest BCUT2D eigenvalue weighted by atomic mass is 35.5. The molecule has 0 aliphatic heterocycles. The van der Waals surface area contributed by atoms with E-state index in [1.54, 1.807) is 0 Å². The van der Waals surface area contributed by atoms with Crippen LogP contribution in [0.2, 0.25) is 0 Å². The van der Waals surface area contributed by atoms with Crippen molar-refractivity contribution in [3.63, 3.8) is 0 Å². The summed E-state index contributed by atoms with van der Waals surface area (Å²) in [5.74, 6) is 2.12. The van der Waals surface area contributed by atoms with Crippen molar-refractivity contribution < 1.29 is 0 Å². The van der Waals surface area contributed by atoms with E-state index in [-0.39, 0.29) is 0 Å². The molecule has 0 amide bonds. The molecule has 0 spiro atoms. The van der Waals surface area contributed by atoms with Crippen LogP contribution in [-0.2, 0) is 18.7 Å².